The molecule has 1 aromatic carbocycles. The van der Waals surface area contributed by atoms with Gasteiger partial charge in [0.1, 0.15) is 0 Å². The molecule has 0 saturated carbocycles. The monoisotopic (exact) mass is 225 g/mol. The Morgan fingerprint density at radius 3 is 2.53 bits per heavy atom. The van der Waals surface area contributed by atoms with Gasteiger partial charge in [0.05, 0.1) is 0 Å². The molecule has 0 aliphatic carbocycles. The molecular formula is C11H12ClNO2. The number of rotatable bonds is 2. The van der Waals surface area contributed by atoms with Gasteiger partial charge in [-0.15, -0.1) is 0 Å². The number of benzene rings is 1. The van der Waals surface area contributed by atoms with Crippen LogP contribution in [0, 0.1) is 5.92 Å². The fraction of sp³-hybridized carbons (Fsp3) is 0.364. The molecule has 1 aliphatic rings. The molecule has 4 heteroatoms. The molecule has 1 fully saturated rings. The van der Waals surface area contributed by atoms with Crippen LogP contribution < -0.4 is 0 Å². The van der Waals surface area contributed by atoms with Crippen molar-refractivity contribution < 1.29 is 9.90 Å². The number of aliphatic hydroxyl groups is 1. The van der Waals surface area contributed by atoms with Crippen LogP contribution in [0.5, 0.6) is 0 Å². The first-order valence-corrected chi connectivity index (χ1v) is 5.24. The highest BCUT2D eigenvalue weighted by atomic mass is 35.5. The highest BCUT2D eigenvalue weighted by Crippen LogP contribution is 2.19. The molecule has 1 aromatic rings. The molecule has 0 spiro atoms. The Morgan fingerprint density at radius 2 is 2.00 bits per heavy atom. The molecule has 0 atom stereocenters. The van der Waals surface area contributed by atoms with Crippen LogP contribution in [-0.2, 0) is 0 Å². The third-order valence-electron chi connectivity index (χ3n) is 2.59. The van der Waals surface area contributed by atoms with Crippen molar-refractivity contribution in [2.45, 2.75) is 0 Å². The SMILES string of the molecule is O=C(c1ccc(Cl)cc1)N1CC(CO)C1. The first-order chi connectivity index (χ1) is 7.20. The van der Waals surface area contributed by atoms with Crippen molar-refractivity contribution in [3.05, 3.63) is 34.9 Å². The molecule has 1 saturated heterocycles. The van der Waals surface area contributed by atoms with E-state index in [-0.39, 0.29) is 18.4 Å². The summed E-state index contributed by atoms with van der Waals surface area (Å²) in [6.45, 7) is 1.46. The van der Waals surface area contributed by atoms with Gasteiger partial charge < -0.3 is 10.0 Å². The van der Waals surface area contributed by atoms with Crippen LogP contribution >= 0.6 is 11.6 Å². The van der Waals surface area contributed by atoms with Crippen molar-refractivity contribution in [1.29, 1.82) is 0 Å². The Bertz CT molecular complexity index is 357. The molecule has 0 aromatic heterocycles. The Hall–Kier alpha value is -1.06. The number of hydrogen-bond acceptors (Lipinski definition) is 2. The maximum Gasteiger partial charge on any atom is 0.253 e. The minimum absolute atomic E-state index is 0.0105. The number of nitrogens with zero attached hydrogens (tertiary/aromatic N) is 1. The molecule has 0 bridgehead atoms. The van der Waals surface area contributed by atoms with Crippen LogP contribution in [0.2, 0.25) is 5.02 Å². The summed E-state index contributed by atoms with van der Waals surface area (Å²) in [6.07, 6.45) is 0. The van der Waals surface area contributed by atoms with E-state index >= 15 is 0 Å². The van der Waals surface area contributed by atoms with Gasteiger partial charge in [-0.1, -0.05) is 11.6 Å². The van der Waals surface area contributed by atoms with Crippen molar-refractivity contribution in [3.8, 4) is 0 Å². The first kappa shape index (κ1) is 10.5. The minimum atomic E-state index is 0.0105. The van der Waals surface area contributed by atoms with Gasteiger partial charge in [0.2, 0.25) is 0 Å². The Morgan fingerprint density at radius 1 is 1.40 bits per heavy atom. The quantitative estimate of drug-likeness (QED) is 0.827. The van der Waals surface area contributed by atoms with Crippen LogP contribution in [0.3, 0.4) is 0 Å². The number of hydrogen-bond donors (Lipinski definition) is 1. The van der Waals surface area contributed by atoms with Crippen molar-refractivity contribution in [2.75, 3.05) is 19.7 Å². The molecular weight excluding hydrogens is 214 g/mol. The standard InChI is InChI=1S/C11H12ClNO2/c12-10-3-1-9(2-4-10)11(15)13-5-8(6-13)7-14/h1-4,8,14H,5-7H2. The second kappa shape index (κ2) is 4.21. The van der Waals surface area contributed by atoms with E-state index in [1.54, 1.807) is 29.2 Å². The number of carbonyl (C=O) groups is 1. The maximum absolute atomic E-state index is 11.8. The summed E-state index contributed by atoms with van der Waals surface area (Å²) in [5, 5.41) is 9.47. The van der Waals surface area contributed by atoms with Gasteiger partial charge in [-0.25, -0.2) is 0 Å². The molecule has 15 heavy (non-hydrogen) atoms. The van der Waals surface area contributed by atoms with Crippen molar-refractivity contribution in [3.63, 3.8) is 0 Å². The summed E-state index contributed by atoms with van der Waals surface area (Å²) >= 11 is 5.73. The fourth-order valence-corrected chi connectivity index (χ4v) is 1.75. The van der Waals surface area contributed by atoms with Crippen LogP contribution in [0.15, 0.2) is 24.3 Å². The molecule has 1 heterocycles. The lowest BCUT2D eigenvalue weighted by Gasteiger charge is -2.38. The minimum Gasteiger partial charge on any atom is -0.396 e. The van der Waals surface area contributed by atoms with E-state index in [0.29, 0.717) is 23.7 Å². The lowest BCUT2D eigenvalue weighted by atomic mass is 10.00. The molecule has 3 nitrogen and oxygen atoms in total. The Labute approximate surface area is 93.3 Å². The van der Waals surface area contributed by atoms with E-state index in [9.17, 15) is 4.79 Å². The zero-order valence-corrected chi connectivity index (χ0v) is 8.94. The number of amides is 1. The average molecular weight is 226 g/mol. The summed E-state index contributed by atoms with van der Waals surface area (Å²) in [5.41, 5.74) is 0.649. The van der Waals surface area contributed by atoms with Gasteiger partial charge in [0.25, 0.3) is 5.91 Å². The second-order valence-corrected chi connectivity index (χ2v) is 4.20. The van der Waals surface area contributed by atoms with Gasteiger partial charge in [0, 0.05) is 36.2 Å². The van der Waals surface area contributed by atoms with Gasteiger partial charge in [-0.3, -0.25) is 4.79 Å². The van der Waals surface area contributed by atoms with Crippen LogP contribution in [-0.4, -0.2) is 35.6 Å². The normalized spacial score (nSPS) is 16.3. The lowest BCUT2D eigenvalue weighted by molar-refractivity contribution is 0.0362. The van der Waals surface area contributed by atoms with E-state index in [0.717, 1.165) is 0 Å². The number of aliphatic hydroxyl groups excluding tert-OH is 1. The molecule has 1 amide bonds. The summed E-state index contributed by atoms with van der Waals surface area (Å²) < 4.78 is 0. The highest BCUT2D eigenvalue weighted by Gasteiger charge is 2.30. The topological polar surface area (TPSA) is 40.5 Å². The predicted molar refractivity (Wildman–Crippen MR) is 57.9 cm³/mol. The lowest BCUT2D eigenvalue weighted by Crippen LogP contribution is -2.51. The van der Waals surface area contributed by atoms with Crippen LogP contribution in [0.4, 0.5) is 0 Å². The zero-order valence-electron chi connectivity index (χ0n) is 8.19. The van der Waals surface area contributed by atoms with E-state index < -0.39 is 0 Å². The largest absolute Gasteiger partial charge is 0.396 e. The van der Waals surface area contributed by atoms with Gasteiger partial charge in [0.15, 0.2) is 0 Å². The van der Waals surface area contributed by atoms with Crippen molar-refractivity contribution >= 4 is 17.5 Å². The second-order valence-electron chi connectivity index (χ2n) is 3.77. The van der Waals surface area contributed by atoms with Crippen LogP contribution in [0.1, 0.15) is 10.4 Å². The van der Waals surface area contributed by atoms with E-state index in [1.807, 2.05) is 0 Å². The number of likely N-dealkylation sites (tertiary alicyclic amines) is 1. The van der Waals surface area contributed by atoms with Crippen LogP contribution in [0.25, 0.3) is 0 Å². The van der Waals surface area contributed by atoms with Gasteiger partial charge >= 0.3 is 0 Å². The first-order valence-electron chi connectivity index (χ1n) is 4.86. The molecule has 0 unspecified atom stereocenters. The number of carbonyl (C=O) groups excluding carboxylic acids is 1. The summed E-state index contributed by atoms with van der Waals surface area (Å²) in [6, 6.07) is 6.85. The molecule has 1 N–H and O–H groups in total. The smallest absolute Gasteiger partial charge is 0.253 e. The third kappa shape index (κ3) is 2.13. The van der Waals surface area contributed by atoms with Crippen molar-refractivity contribution in [1.82, 2.24) is 4.90 Å². The molecule has 2 rings (SSSR count). The van der Waals surface area contributed by atoms with E-state index in [1.165, 1.54) is 0 Å². The molecule has 80 valence electrons. The third-order valence-corrected chi connectivity index (χ3v) is 2.85. The van der Waals surface area contributed by atoms with Gasteiger partial charge in [-0.2, -0.15) is 0 Å². The summed E-state index contributed by atoms with van der Waals surface area (Å²) in [5.74, 6) is 0.262. The fourth-order valence-electron chi connectivity index (χ4n) is 1.63. The predicted octanol–water partition coefficient (Wildman–Crippen LogP) is 1.40. The van der Waals surface area contributed by atoms with Gasteiger partial charge in [-0.05, 0) is 24.3 Å². The number of halogens is 1. The Kier molecular flexibility index (Phi) is 2.93. The zero-order chi connectivity index (χ0) is 10.8. The van der Waals surface area contributed by atoms with E-state index in [4.69, 9.17) is 16.7 Å². The summed E-state index contributed by atoms with van der Waals surface area (Å²) in [7, 11) is 0. The Balaban J connectivity index is 2.00. The maximum atomic E-state index is 11.8. The summed E-state index contributed by atoms with van der Waals surface area (Å²) in [4.78, 5) is 13.5. The van der Waals surface area contributed by atoms with Crippen molar-refractivity contribution in [2.24, 2.45) is 5.92 Å². The highest BCUT2D eigenvalue weighted by molar-refractivity contribution is 6.30. The average Bonchev–Trinajstić information content (AvgIpc) is 2.17. The molecule has 0 radical (unpaired) electrons. The molecule has 1 aliphatic heterocycles. The van der Waals surface area contributed by atoms with E-state index in [2.05, 4.69) is 0 Å².